The largest absolute Gasteiger partial charge is 0.378 e. The summed E-state index contributed by atoms with van der Waals surface area (Å²) >= 11 is 0. The summed E-state index contributed by atoms with van der Waals surface area (Å²) in [5.41, 5.74) is 1.09. The Morgan fingerprint density at radius 2 is 2.05 bits per heavy atom. The van der Waals surface area contributed by atoms with Gasteiger partial charge >= 0.3 is 0 Å². The van der Waals surface area contributed by atoms with Crippen LogP contribution in [0.15, 0.2) is 18.2 Å². The smallest absolute Gasteiger partial charge is 0.128 e. The van der Waals surface area contributed by atoms with Gasteiger partial charge in [0, 0.05) is 25.4 Å². The Balaban J connectivity index is 1.76. The summed E-state index contributed by atoms with van der Waals surface area (Å²) in [6.07, 6.45) is 3.85. The Morgan fingerprint density at radius 1 is 1.32 bits per heavy atom. The van der Waals surface area contributed by atoms with Crippen molar-refractivity contribution in [3.63, 3.8) is 0 Å². The molecule has 3 heteroatoms. The van der Waals surface area contributed by atoms with Crippen molar-refractivity contribution in [1.82, 2.24) is 4.98 Å². The molecule has 0 aliphatic carbocycles. The van der Waals surface area contributed by atoms with E-state index in [0.717, 1.165) is 50.0 Å². The van der Waals surface area contributed by atoms with E-state index in [2.05, 4.69) is 35.9 Å². The maximum atomic E-state index is 5.95. The molecular weight excluding hydrogens is 236 g/mol. The van der Waals surface area contributed by atoms with Gasteiger partial charge in [0.2, 0.25) is 0 Å². The van der Waals surface area contributed by atoms with Crippen LogP contribution in [0.3, 0.4) is 0 Å². The minimum absolute atomic E-state index is 0.444. The lowest BCUT2D eigenvalue weighted by Gasteiger charge is -2.33. The van der Waals surface area contributed by atoms with Gasteiger partial charge in [-0.15, -0.1) is 0 Å². The Labute approximate surface area is 117 Å². The van der Waals surface area contributed by atoms with E-state index in [-0.39, 0.29) is 0 Å². The number of nitrogens with zero attached hydrogens (tertiary/aromatic N) is 2. The molecule has 19 heavy (non-hydrogen) atoms. The van der Waals surface area contributed by atoms with Crippen molar-refractivity contribution in [2.45, 2.75) is 46.1 Å². The first kappa shape index (κ1) is 14.3. The van der Waals surface area contributed by atoms with Gasteiger partial charge in [0.25, 0.3) is 0 Å². The van der Waals surface area contributed by atoms with Gasteiger partial charge < -0.3 is 9.64 Å². The third-order valence-corrected chi connectivity index (χ3v) is 3.69. The fourth-order valence-corrected chi connectivity index (χ4v) is 2.43. The number of rotatable bonds is 5. The molecule has 1 saturated heterocycles. The molecule has 0 aromatic carbocycles. The molecule has 0 radical (unpaired) electrons. The molecule has 1 fully saturated rings. The van der Waals surface area contributed by atoms with E-state index in [0.29, 0.717) is 6.10 Å². The minimum atomic E-state index is 0.444. The molecule has 2 rings (SSSR count). The van der Waals surface area contributed by atoms with Crippen LogP contribution in [-0.4, -0.2) is 30.8 Å². The van der Waals surface area contributed by atoms with Gasteiger partial charge in [0.05, 0.1) is 6.10 Å². The predicted molar refractivity (Wildman–Crippen MR) is 79.6 cm³/mol. The molecule has 0 spiro atoms. The molecule has 0 unspecified atom stereocenters. The van der Waals surface area contributed by atoms with E-state index in [1.165, 1.54) is 6.42 Å². The summed E-state index contributed by atoms with van der Waals surface area (Å²) in [6.45, 7) is 9.56. The van der Waals surface area contributed by atoms with Crippen LogP contribution >= 0.6 is 0 Å². The molecule has 1 aliphatic rings. The average molecular weight is 262 g/mol. The van der Waals surface area contributed by atoms with E-state index in [1.807, 2.05) is 13.0 Å². The Kier molecular flexibility index (Phi) is 5.20. The normalized spacial score (nSPS) is 17.2. The van der Waals surface area contributed by atoms with E-state index in [4.69, 9.17) is 4.74 Å². The fourth-order valence-electron chi connectivity index (χ4n) is 2.43. The lowest BCUT2D eigenvalue weighted by Crippen LogP contribution is -2.37. The van der Waals surface area contributed by atoms with Crippen LogP contribution < -0.4 is 4.90 Å². The van der Waals surface area contributed by atoms with Crippen LogP contribution in [0.5, 0.6) is 0 Å². The Morgan fingerprint density at radius 3 is 2.68 bits per heavy atom. The number of aryl methyl sites for hydroxylation is 1. The van der Waals surface area contributed by atoms with Crippen molar-refractivity contribution in [2.75, 3.05) is 24.6 Å². The Bertz CT molecular complexity index is 384. The van der Waals surface area contributed by atoms with Crippen LogP contribution in [0.4, 0.5) is 5.82 Å². The van der Waals surface area contributed by atoms with Crippen molar-refractivity contribution in [2.24, 2.45) is 5.92 Å². The molecule has 1 aliphatic heterocycles. The zero-order valence-electron chi connectivity index (χ0n) is 12.4. The van der Waals surface area contributed by atoms with Crippen LogP contribution in [-0.2, 0) is 4.74 Å². The molecular formula is C16H26N2O. The molecule has 1 aromatic rings. The SMILES string of the molecule is Cc1cccc(N2CCC(OCCC(C)C)CC2)n1. The maximum absolute atomic E-state index is 5.95. The summed E-state index contributed by atoms with van der Waals surface area (Å²) in [6, 6.07) is 6.24. The number of pyridine rings is 1. The van der Waals surface area contributed by atoms with Gasteiger partial charge in [-0.3, -0.25) is 0 Å². The molecule has 1 aromatic heterocycles. The van der Waals surface area contributed by atoms with Gasteiger partial charge in [0.1, 0.15) is 5.82 Å². The predicted octanol–water partition coefficient (Wildman–Crippen LogP) is 3.42. The number of hydrogen-bond acceptors (Lipinski definition) is 3. The quantitative estimate of drug-likeness (QED) is 0.813. The highest BCUT2D eigenvalue weighted by molar-refractivity contribution is 5.39. The van der Waals surface area contributed by atoms with Crippen molar-refractivity contribution in [3.8, 4) is 0 Å². The number of anilines is 1. The number of piperidine rings is 1. The maximum Gasteiger partial charge on any atom is 0.128 e. The van der Waals surface area contributed by atoms with Crippen LogP contribution in [0, 0.1) is 12.8 Å². The molecule has 3 nitrogen and oxygen atoms in total. The third kappa shape index (κ3) is 4.50. The number of ether oxygens (including phenoxy) is 1. The average Bonchev–Trinajstić information content (AvgIpc) is 2.39. The topological polar surface area (TPSA) is 25.4 Å². The first-order valence-corrected chi connectivity index (χ1v) is 7.45. The lowest BCUT2D eigenvalue weighted by molar-refractivity contribution is 0.0311. The van der Waals surface area contributed by atoms with Gasteiger partial charge in [-0.1, -0.05) is 19.9 Å². The summed E-state index contributed by atoms with van der Waals surface area (Å²) in [4.78, 5) is 6.96. The molecule has 0 saturated carbocycles. The van der Waals surface area contributed by atoms with Gasteiger partial charge in [-0.05, 0) is 44.2 Å². The molecule has 0 bridgehead atoms. The highest BCUT2D eigenvalue weighted by atomic mass is 16.5. The second-order valence-electron chi connectivity index (χ2n) is 5.88. The molecule has 0 atom stereocenters. The summed E-state index contributed by atoms with van der Waals surface area (Å²) in [5, 5.41) is 0. The van der Waals surface area contributed by atoms with E-state index in [1.54, 1.807) is 0 Å². The molecule has 2 heterocycles. The monoisotopic (exact) mass is 262 g/mol. The summed E-state index contributed by atoms with van der Waals surface area (Å²) in [5.74, 6) is 1.84. The first-order valence-electron chi connectivity index (χ1n) is 7.45. The van der Waals surface area contributed by atoms with Crippen LogP contribution in [0.2, 0.25) is 0 Å². The van der Waals surface area contributed by atoms with E-state index in [9.17, 15) is 0 Å². The van der Waals surface area contributed by atoms with Gasteiger partial charge in [0.15, 0.2) is 0 Å². The second kappa shape index (κ2) is 6.90. The number of aromatic nitrogens is 1. The van der Waals surface area contributed by atoms with Crippen LogP contribution in [0.25, 0.3) is 0 Å². The van der Waals surface area contributed by atoms with Crippen LogP contribution in [0.1, 0.15) is 38.8 Å². The molecule has 0 N–H and O–H groups in total. The highest BCUT2D eigenvalue weighted by Gasteiger charge is 2.20. The summed E-state index contributed by atoms with van der Waals surface area (Å²) < 4.78 is 5.95. The zero-order valence-corrected chi connectivity index (χ0v) is 12.4. The van der Waals surface area contributed by atoms with Gasteiger partial charge in [-0.25, -0.2) is 4.98 Å². The fraction of sp³-hybridized carbons (Fsp3) is 0.688. The van der Waals surface area contributed by atoms with Crippen molar-refractivity contribution in [3.05, 3.63) is 23.9 Å². The first-order chi connectivity index (χ1) is 9.15. The standard InChI is InChI=1S/C16H26N2O/c1-13(2)9-12-19-15-7-10-18(11-8-15)16-6-4-5-14(3)17-16/h4-6,13,15H,7-12H2,1-3H3. The number of hydrogen-bond donors (Lipinski definition) is 0. The molecule has 106 valence electrons. The van der Waals surface area contributed by atoms with Crippen molar-refractivity contribution < 1.29 is 4.74 Å². The van der Waals surface area contributed by atoms with Crippen molar-refractivity contribution >= 4 is 5.82 Å². The van der Waals surface area contributed by atoms with Gasteiger partial charge in [-0.2, -0.15) is 0 Å². The zero-order chi connectivity index (χ0) is 13.7. The lowest BCUT2D eigenvalue weighted by atomic mass is 10.1. The summed E-state index contributed by atoms with van der Waals surface area (Å²) in [7, 11) is 0. The van der Waals surface area contributed by atoms with E-state index >= 15 is 0 Å². The minimum Gasteiger partial charge on any atom is -0.378 e. The van der Waals surface area contributed by atoms with Crippen molar-refractivity contribution in [1.29, 1.82) is 0 Å². The third-order valence-electron chi connectivity index (χ3n) is 3.69. The molecule has 0 amide bonds. The van der Waals surface area contributed by atoms with E-state index < -0.39 is 0 Å². The Hall–Kier alpha value is -1.09. The second-order valence-corrected chi connectivity index (χ2v) is 5.88. The highest BCUT2D eigenvalue weighted by Crippen LogP contribution is 2.20.